The van der Waals surface area contributed by atoms with E-state index in [0.29, 0.717) is 17.3 Å². The summed E-state index contributed by atoms with van der Waals surface area (Å²) in [6, 6.07) is 22.1. The average molecular weight is 880 g/mol. The monoisotopic (exact) mass is 878 g/mol. The number of hydrogen-bond donors (Lipinski definition) is 4. The molecule has 0 atom stereocenters. The van der Waals surface area contributed by atoms with Gasteiger partial charge in [-0.15, -0.1) is 0 Å². The van der Waals surface area contributed by atoms with E-state index in [9.17, 15) is 18.3 Å². The van der Waals surface area contributed by atoms with Crippen molar-refractivity contribution in [1.82, 2.24) is 19.6 Å². The van der Waals surface area contributed by atoms with E-state index < -0.39 is 21.5 Å². The molecule has 5 aromatic rings. The third-order valence-electron chi connectivity index (χ3n) is 13.4. The van der Waals surface area contributed by atoms with Crippen molar-refractivity contribution in [3.05, 3.63) is 112 Å². The zero-order chi connectivity index (χ0) is 43.6. The Morgan fingerprint density at radius 1 is 0.984 bits per heavy atom. The maximum absolute atomic E-state index is 14.0. The number of aromatic nitrogens is 2. The molecule has 1 saturated heterocycles. The number of rotatable bonds is 13. The van der Waals surface area contributed by atoms with E-state index >= 15 is 0 Å². The molecule has 8 rings (SSSR count). The SMILES string of the molecule is CC[C@]1(O)CC[C@@H](CNc2ccc(S(=O)(=O)NC(=O)c3ccc(N4CCN(CC5=C(c6ccc(Cl)cc6)CC(C)(C)CC5)CC4)cc3Oc3cnc4[nH]ccc4c3)cc2C)CC1. The molecule has 3 heterocycles. The number of benzene rings is 3. The summed E-state index contributed by atoms with van der Waals surface area (Å²) in [6.45, 7) is 13.5. The number of aromatic amines is 1. The lowest BCUT2D eigenvalue weighted by molar-refractivity contribution is -0.0109. The Labute approximate surface area is 371 Å². The summed E-state index contributed by atoms with van der Waals surface area (Å²) < 4.78 is 36.2. The molecule has 0 bridgehead atoms. The maximum Gasteiger partial charge on any atom is 0.268 e. The third-order valence-corrected chi connectivity index (χ3v) is 14.9. The van der Waals surface area contributed by atoms with Gasteiger partial charge in [-0.05, 0) is 141 Å². The molecule has 1 aliphatic heterocycles. The van der Waals surface area contributed by atoms with Crippen LogP contribution >= 0.6 is 11.6 Å². The summed E-state index contributed by atoms with van der Waals surface area (Å²) in [5.41, 5.74) is 7.14. The van der Waals surface area contributed by atoms with Gasteiger partial charge in [0.05, 0.1) is 22.3 Å². The summed E-state index contributed by atoms with van der Waals surface area (Å²) in [5.74, 6) is 0.290. The molecule has 3 aliphatic rings. The molecule has 0 spiro atoms. The molecule has 11 nitrogen and oxygen atoms in total. The molecule has 3 aromatic carbocycles. The van der Waals surface area contributed by atoms with Gasteiger partial charge in [-0.2, -0.15) is 0 Å². The average Bonchev–Trinajstić information content (AvgIpc) is 3.73. The van der Waals surface area contributed by atoms with E-state index in [-0.39, 0.29) is 21.6 Å². The molecule has 13 heteroatoms. The smallest absolute Gasteiger partial charge is 0.268 e. The van der Waals surface area contributed by atoms with Crippen LogP contribution in [0.1, 0.15) is 93.6 Å². The lowest BCUT2D eigenvalue weighted by Gasteiger charge is -2.39. The first-order valence-corrected chi connectivity index (χ1v) is 23.9. The second-order valence-corrected chi connectivity index (χ2v) is 20.5. The first-order valence-electron chi connectivity index (χ1n) is 22.0. The number of allylic oxidation sites excluding steroid dienone is 1. The number of aliphatic hydroxyl groups is 1. The van der Waals surface area contributed by atoms with Gasteiger partial charge in [0.1, 0.15) is 17.1 Å². The predicted molar refractivity (Wildman–Crippen MR) is 249 cm³/mol. The molecule has 0 unspecified atom stereocenters. The van der Waals surface area contributed by atoms with Crippen molar-refractivity contribution in [3.8, 4) is 11.5 Å². The van der Waals surface area contributed by atoms with E-state index in [1.54, 1.807) is 30.6 Å². The Morgan fingerprint density at radius 3 is 2.47 bits per heavy atom. The number of nitrogens with zero attached hydrogens (tertiary/aromatic N) is 3. The molecule has 2 aromatic heterocycles. The van der Waals surface area contributed by atoms with E-state index in [1.807, 2.05) is 50.2 Å². The van der Waals surface area contributed by atoms with Crippen LogP contribution < -0.4 is 19.7 Å². The molecular formula is C49H59ClN6O5S. The number of sulfonamides is 1. The second kappa shape index (κ2) is 18.1. The van der Waals surface area contributed by atoms with E-state index in [1.165, 1.54) is 22.8 Å². The van der Waals surface area contributed by atoms with Crippen molar-refractivity contribution in [1.29, 1.82) is 0 Å². The number of amides is 1. The van der Waals surface area contributed by atoms with Crippen molar-refractivity contribution in [2.24, 2.45) is 11.3 Å². The fourth-order valence-electron chi connectivity index (χ4n) is 9.24. The van der Waals surface area contributed by atoms with Crippen molar-refractivity contribution in [3.63, 3.8) is 0 Å². The Bertz CT molecular complexity index is 2560. The number of carbonyl (C=O) groups excluding carboxylic acids is 1. The number of pyridine rings is 1. The van der Waals surface area contributed by atoms with Crippen LogP contribution in [0.4, 0.5) is 11.4 Å². The number of halogens is 1. The summed E-state index contributed by atoms with van der Waals surface area (Å²) >= 11 is 6.25. The molecule has 1 saturated carbocycles. The Hall–Kier alpha value is -4.88. The van der Waals surface area contributed by atoms with Gasteiger partial charge in [0, 0.05) is 73.3 Å². The summed E-state index contributed by atoms with van der Waals surface area (Å²) in [7, 11) is -4.24. The fraction of sp³-hybridized carbons (Fsp3) is 0.429. The first kappa shape index (κ1) is 43.8. The van der Waals surface area contributed by atoms with Crippen LogP contribution in [0, 0.1) is 18.3 Å². The lowest BCUT2D eigenvalue weighted by Crippen LogP contribution is -2.47. The predicted octanol–water partition coefficient (Wildman–Crippen LogP) is 9.96. The molecular weight excluding hydrogens is 820 g/mol. The molecule has 328 valence electrons. The largest absolute Gasteiger partial charge is 0.455 e. The van der Waals surface area contributed by atoms with Crippen LogP contribution in [-0.4, -0.2) is 79.2 Å². The molecule has 62 heavy (non-hydrogen) atoms. The summed E-state index contributed by atoms with van der Waals surface area (Å²) in [4.78, 5) is 26.3. The number of fused-ring (bicyclic) bond motifs is 1. The minimum atomic E-state index is -4.24. The number of piperazine rings is 1. The standard InChI is InChI=1S/C49H59ClN6O5S/c1-5-49(58)19-14-34(15-20-49)30-52-44-13-11-41(26-33(44)2)62(59,60)54-47(57)42-12-10-39(28-45(42)61-40-27-36-17-21-51-46(36)53-31-40)56-24-22-55(23-25-56)32-37-16-18-48(3,4)29-43(37)35-6-8-38(50)9-7-35/h6-13,17,21,26-28,31,34,52,58H,5,14-16,18-20,22-25,29-30,32H2,1-4H3,(H,51,53)(H,54,57)/t34-,49+. The number of H-pyrrole nitrogens is 1. The number of carbonyl (C=O) groups is 1. The highest BCUT2D eigenvalue weighted by Crippen LogP contribution is 2.44. The number of hydrogen-bond acceptors (Lipinski definition) is 9. The first-order chi connectivity index (χ1) is 29.7. The minimum Gasteiger partial charge on any atom is -0.455 e. The fourth-order valence-corrected chi connectivity index (χ4v) is 10.4. The zero-order valence-electron chi connectivity index (χ0n) is 36.3. The van der Waals surface area contributed by atoms with E-state index in [0.717, 1.165) is 118 Å². The molecule has 4 N–H and O–H groups in total. The molecule has 2 aliphatic carbocycles. The van der Waals surface area contributed by atoms with E-state index in [2.05, 4.69) is 55.8 Å². The summed E-state index contributed by atoms with van der Waals surface area (Å²) in [6.07, 6.45) is 10.9. The zero-order valence-corrected chi connectivity index (χ0v) is 37.8. The van der Waals surface area contributed by atoms with Gasteiger partial charge >= 0.3 is 0 Å². The van der Waals surface area contributed by atoms with Gasteiger partial charge in [-0.3, -0.25) is 9.69 Å². The highest BCUT2D eigenvalue weighted by molar-refractivity contribution is 7.90. The van der Waals surface area contributed by atoms with Crippen molar-refractivity contribution in [2.75, 3.05) is 49.5 Å². The quantitative estimate of drug-likeness (QED) is 0.0910. The topological polar surface area (TPSA) is 140 Å². The van der Waals surface area contributed by atoms with Gasteiger partial charge < -0.3 is 25.0 Å². The minimum absolute atomic E-state index is 0.00775. The van der Waals surface area contributed by atoms with Gasteiger partial charge in [0.25, 0.3) is 15.9 Å². The molecule has 2 fully saturated rings. The number of anilines is 2. The van der Waals surface area contributed by atoms with Gasteiger partial charge in [-0.25, -0.2) is 18.1 Å². The number of ether oxygens (including phenoxy) is 1. The maximum atomic E-state index is 14.0. The highest BCUT2D eigenvalue weighted by atomic mass is 35.5. The lowest BCUT2D eigenvalue weighted by atomic mass is 9.72. The van der Waals surface area contributed by atoms with E-state index in [4.69, 9.17) is 16.3 Å². The van der Waals surface area contributed by atoms with Crippen molar-refractivity contribution in [2.45, 2.75) is 89.6 Å². The van der Waals surface area contributed by atoms with Crippen LogP contribution in [0.25, 0.3) is 16.6 Å². The number of nitrogens with one attached hydrogen (secondary N) is 3. The van der Waals surface area contributed by atoms with Gasteiger partial charge in [-0.1, -0.05) is 50.1 Å². The van der Waals surface area contributed by atoms with Crippen molar-refractivity contribution < 1.29 is 23.1 Å². The normalized spacial score (nSPS) is 20.9. The second-order valence-electron chi connectivity index (χ2n) is 18.4. The molecule has 0 radical (unpaired) electrons. The highest BCUT2D eigenvalue weighted by Gasteiger charge is 2.32. The Balaban J connectivity index is 0.968. The van der Waals surface area contributed by atoms with Crippen LogP contribution in [0.2, 0.25) is 5.02 Å². The van der Waals surface area contributed by atoms with Gasteiger partial charge in [0.15, 0.2) is 0 Å². The van der Waals surface area contributed by atoms with Crippen LogP contribution in [0.15, 0.2) is 95.7 Å². The number of aryl methyl sites for hydroxylation is 1. The van der Waals surface area contributed by atoms with Gasteiger partial charge in [0.2, 0.25) is 0 Å². The van der Waals surface area contributed by atoms with Crippen LogP contribution in [0.3, 0.4) is 0 Å². The molecule has 1 amide bonds. The van der Waals surface area contributed by atoms with Crippen LogP contribution in [-0.2, 0) is 10.0 Å². The van der Waals surface area contributed by atoms with Crippen LogP contribution in [0.5, 0.6) is 11.5 Å². The third kappa shape index (κ3) is 10.1. The summed E-state index contributed by atoms with van der Waals surface area (Å²) in [5, 5.41) is 15.7. The Kier molecular flexibility index (Phi) is 12.8. The van der Waals surface area contributed by atoms with Crippen molar-refractivity contribution >= 4 is 55.5 Å². The Morgan fingerprint density at radius 2 is 1.74 bits per heavy atom.